The van der Waals surface area contributed by atoms with Crippen LogP contribution in [0.2, 0.25) is 0 Å². The molecule has 20 heavy (non-hydrogen) atoms. The van der Waals surface area contributed by atoms with Crippen LogP contribution in [0.4, 0.5) is 0 Å². The van der Waals surface area contributed by atoms with Gasteiger partial charge in [0.2, 0.25) is 0 Å². The van der Waals surface area contributed by atoms with Crippen molar-refractivity contribution in [3.63, 3.8) is 0 Å². The summed E-state index contributed by atoms with van der Waals surface area (Å²) in [6.07, 6.45) is 8.37. The van der Waals surface area contributed by atoms with Crippen molar-refractivity contribution in [2.75, 3.05) is 5.75 Å². The molecule has 0 aromatic heterocycles. The molecule has 0 saturated heterocycles. The standard InChI is InChI=1S/C17H21NOS/c18-12-13-20-16-9-7-15(8-10-16)17(19)11-6-14-4-2-1-3-5-14/h7-10,14H,1-6,11,13H2. The summed E-state index contributed by atoms with van der Waals surface area (Å²) >= 11 is 1.50. The minimum Gasteiger partial charge on any atom is -0.294 e. The Morgan fingerprint density at radius 2 is 1.90 bits per heavy atom. The topological polar surface area (TPSA) is 40.9 Å². The van der Waals surface area contributed by atoms with E-state index >= 15 is 0 Å². The van der Waals surface area contributed by atoms with E-state index in [1.54, 1.807) is 0 Å². The van der Waals surface area contributed by atoms with Crippen LogP contribution in [0.5, 0.6) is 0 Å². The van der Waals surface area contributed by atoms with Crippen molar-refractivity contribution in [3.05, 3.63) is 29.8 Å². The molecule has 1 fully saturated rings. The molecule has 0 unspecified atom stereocenters. The van der Waals surface area contributed by atoms with Gasteiger partial charge in [-0.3, -0.25) is 4.79 Å². The van der Waals surface area contributed by atoms with Crippen LogP contribution in [0, 0.1) is 17.2 Å². The number of ketones is 1. The average Bonchev–Trinajstić information content (AvgIpc) is 2.52. The van der Waals surface area contributed by atoms with E-state index in [2.05, 4.69) is 6.07 Å². The fourth-order valence-corrected chi connectivity index (χ4v) is 3.37. The fraction of sp³-hybridized carbons (Fsp3) is 0.529. The molecule has 1 aliphatic rings. The molecule has 0 aliphatic heterocycles. The van der Waals surface area contributed by atoms with E-state index in [1.807, 2.05) is 24.3 Å². The van der Waals surface area contributed by atoms with E-state index in [4.69, 9.17) is 5.26 Å². The number of nitriles is 1. The molecule has 0 N–H and O–H groups in total. The molecule has 2 rings (SSSR count). The second kappa shape index (κ2) is 8.11. The lowest BCUT2D eigenvalue weighted by molar-refractivity contribution is 0.0970. The van der Waals surface area contributed by atoms with E-state index in [9.17, 15) is 4.79 Å². The molecule has 0 heterocycles. The summed E-state index contributed by atoms with van der Waals surface area (Å²) < 4.78 is 0. The van der Waals surface area contributed by atoms with Crippen molar-refractivity contribution in [1.29, 1.82) is 5.26 Å². The molecule has 0 atom stereocenters. The zero-order valence-corrected chi connectivity index (χ0v) is 12.6. The summed E-state index contributed by atoms with van der Waals surface area (Å²) in [7, 11) is 0. The predicted molar refractivity (Wildman–Crippen MR) is 82.9 cm³/mol. The zero-order valence-electron chi connectivity index (χ0n) is 11.8. The number of carbonyl (C=O) groups is 1. The lowest BCUT2D eigenvalue weighted by atomic mass is 9.85. The van der Waals surface area contributed by atoms with Gasteiger partial charge in [0.25, 0.3) is 0 Å². The Hall–Kier alpha value is -1.27. The Morgan fingerprint density at radius 3 is 2.55 bits per heavy atom. The number of hydrogen-bond donors (Lipinski definition) is 0. The van der Waals surface area contributed by atoms with E-state index < -0.39 is 0 Å². The van der Waals surface area contributed by atoms with Crippen LogP contribution in [-0.4, -0.2) is 11.5 Å². The fourth-order valence-electron chi connectivity index (χ4n) is 2.81. The maximum absolute atomic E-state index is 12.2. The highest BCUT2D eigenvalue weighted by Crippen LogP contribution is 2.28. The molecule has 0 bridgehead atoms. The normalized spacial score (nSPS) is 15.8. The quantitative estimate of drug-likeness (QED) is 0.555. The van der Waals surface area contributed by atoms with Crippen molar-refractivity contribution in [1.82, 2.24) is 0 Å². The Labute approximate surface area is 125 Å². The van der Waals surface area contributed by atoms with Crippen LogP contribution >= 0.6 is 11.8 Å². The van der Waals surface area contributed by atoms with Gasteiger partial charge >= 0.3 is 0 Å². The Bertz CT molecular complexity index is 469. The molecule has 2 nitrogen and oxygen atoms in total. The van der Waals surface area contributed by atoms with Crippen LogP contribution in [0.15, 0.2) is 29.2 Å². The van der Waals surface area contributed by atoms with E-state index in [0.29, 0.717) is 12.2 Å². The van der Waals surface area contributed by atoms with Crippen molar-refractivity contribution < 1.29 is 4.79 Å². The minimum atomic E-state index is 0.257. The van der Waals surface area contributed by atoms with E-state index in [-0.39, 0.29) is 5.78 Å². The molecule has 1 aliphatic carbocycles. The van der Waals surface area contributed by atoms with E-state index in [1.165, 1.54) is 43.9 Å². The highest BCUT2D eigenvalue weighted by molar-refractivity contribution is 7.99. The third-order valence-corrected chi connectivity index (χ3v) is 4.86. The highest BCUT2D eigenvalue weighted by atomic mass is 32.2. The van der Waals surface area contributed by atoms with Crippen LogP contribution in [0.1, 0.15) is 55.3 Å². The minimum absolute atomic E-state index is 0.257. The number of carbonyl (C=O) groups excluding carboxylic acids is 1. The molecule has 0 spiro atoms. The Morgan fingerprint density at radius 1 is 1.20 bits per heavy atom. The first kappa shape index (κ1) is 15.1. The molecule has 1 aromatic carbocycles. The summed E-state index contributed by atoms with van der Waals surface area (Å²) in [4.78, 5) is 13.2. The number of hydrogen-bond acceptors (Lipinski definition) is 3. The maximum atomic E-state index is 12.2. The number of thioether (sulfide) groups is 1. The first-order chi connectivity index (χ1) is 9.79. The Kier molecular flexibility index (Phi) is 6.14. The van der Waals surface area contributed by atoms with Gasteiger partial charge in [-0.05, 0) is 24.5 Å². The van der Waals surface area contributed by atoms with Crippen molar-refractivity contribution in [2.24, 2.45) is 5.92 Å². The van der Waals surface area contributed by atoms with Crippen molar-refractivity contribution in [2.45, 2.75) is 49.8 Å². The molecular weight excluding hydrogens is 266 g/mol. The second-order valence-corrected chi connectivity index (χ2v) is 6.49. The number of rotatable bonds is 6. The highest BCUT2D eigenvalue weighted by Gasteiger charge is 2.15. The van der Waals surface area contributed by atoms with Gasteiger partial charge in [-0.2, -0.15) is 5.26 Å². The lowest BCUT2D eigenvalue weighted by Crippen LogP contribution is -2.09. The lowest BCUT2D eigenvalue weighted by Gasteiger charge is -2.20. The summed E-state index contributed by atoms with van der Waals surface area (Å²) in [6.45, 7) is 0. The van der Waals surface area contributed by atoms with Crippen molar-refractivity contribution >= 4 is 17.5 Å². The third-order valence-electron chi connectivity index (χ3n) is 3.98. The van der Waals surface area contributed by atoms with Crippen molar-refractivity contribution in [3.8, 4) is 6.07 Å². The summed E-state index contributed by atoms with van der Waals surface area (Å²) in [5, 5.41) is 8.54. The molecule has 106 valence electrons. The number of nitrogens with zero attached hydrogens (tertiary/aromatic N) is 1. The SMILES string of the molecule is N#CCSc1ccc(C(=O)CCC2CCCCC2)cc1. The van der Waals surface area contributed by atoms with Gasteiger partial charge in [0.15, 0.2) is 5.78 Å². The zero-order chi connectivity index (χ0) is 14.2. The molecule has 1 saturated carbocycles. The first-order valence-electron chi connectivity index (χ1n) is 7.42. The van der Waals surface area contributed by atoms with E-state index in [0.717, 1.165) is 22.8 Å². The van der Waals surface area contributed by atoms with Gasteiger partial charge < -0.3 is 0 Å². The first-order valence-corrected chi connectivity index (χ1v) is 8.41. The van der Waals surface area contributed by atoms with Gasteiger partial charge in [0, 0.05) is 16.9 Å². The molecule has 1 aromatic rings. The second-order valence-electron chi connectivity index (χ2n) is 5.44. The van der Waals surface area contributed by atoms with Gasteiger partial charge in [0.1, 0.15) is 0 Å². The molecular formula is C17H21NOS. The smallest absolute Gasteiger partial charge is 0.162 e. The largest absolute Gasteiger partial charge is 0.294 e. The summed E-state index contributed by atoms with van der Waals surface area (Å²) in [6, 6.07) is 9.77. The molecule has 0 amide bonds. The number of Topliss-reactive ketones (excluding diaryl/α,β-unsaturated/α-hetero) is 1. The summed E-state index contributed by atoms with van der Waals surface area (Å²) in [5.41, 5.74) is 0.808. The monoisotopic (exact) mass is 287 g/mol. The van der Waals surface area contributed by atoms with Crippen LogP contribution in [0.25, 0.3) is 0 Å². The number of benzene rings is 1. The van der Waals surface area contributed by atoms with Gasteiger partial charge in [0.05, 0.1) is 11.8 Å². The predicted octanol–water partition coefficient (Wildman–Crippen LogP) is 4.85. The van der Waals surface area contributed by atoms with Crippen LogP contribution < -0.4 is 0 Å². The average molecular weight is 287 g/mol. The maximum Gasteiger partial charge on any atom is 0.162 e. The van der Waals surface area contributed by atoms with Gasteiger partial charge in [-0.1, -0.05) is 44.2 Å². The van der Waals surface area contributed by atoms with Crippen LogP contribution in [0.3, 0.4) is 0 Å². The van der Waals surface area contributed by atoms with Gasteiger partial charge in [-0.15, -0.1) is 11.8 Å². The van der Waals surface area contributed by atoms with Crippen LogP contribution in [-0.2, 0) is 0 Å². The van der Waals surface area contributed by atoms with Gasteiger partial charge in [-0.25, -0.2) is 0 Å². The molecule has 3 heteroatoms. The third kappa shape index (κ3) is 4.68. The summed E-state index contributed by atoms with van der Waals surface area (Å²) in [5.74, 6) is 1.47. The molecule has 0 radical (unpaired) electrons. The Balaban J connectivity index is 1.81.